The minimum atomic E-state index is 0.0802. The molecule has 0 saturated heterocycles. The predicted octanol–water partition coefficient (Wildman–Crippen LogP) is 2.00. The van der Waals surface area contributed by atoms with Crippen LogP contribution in [0.1, 0.15) is 28.8 Å². The molecular formula is C15H17N3OS. The van der Waals surface area contributed by atoms with Crippen molar-refractivity contribution in [1.82, 2.24) is 15.6 Å². The smallest absolute Gasteiger partial charge is 0.220 e. The number of hydrogen-bond acceptors (Lipinski definition) is 4. The molecule has 0 radical (unpaired) electrons. The average Bonchev–Trinajstić information content (AvgIpc) is 3.13. The van der Waals surface area contributed by atoms with Crippen LogP contribution >= 0.6 is 11.3 Å². The van der Waals surface area contributed by atoms with Crippen LogP contribution in [0.3, 0.4) is 0 Å². The van der Waals surface area contributed by atoms with Gasteiger partial charge in [-0.3, -0.25) is 4.79 Å². The van der Waals surface area contributed by atoms with Gasteiger partial charge in [-0.05, 0) is 23.1 Å². The number of carbonyl (C=O) groups is 1. The van der Waals surface area contributed by atoms with E-state index >= 15 is 0 Å². The van der Waals surface area contributed by atoms with E-state index in [0.717, 1.165) is 24.3 Å². The second-order valence-corrected chi connectivity index (χ2v) is 5.68. The third kappa shape index (κ3) is 3.23. The lowest BCUT2D eigenvalue weighted by Gasteiger charge is -2.06. The maximum Gasteiger partial charge on any atom is 0.220 e. The largest absolute Gasteiger partial charge is 0.352 e. The molecule has 1 aromatic carbocycles. The summed E-state index contributed by atoms with van der Waals surface area (Å²) in [5, 5.41) is 8.28. The molecule has 2 N–H and O–H groups in total. The highest BCUT2D eigenvalue weighted by molar-refractivity contribution is 7.07. The fraction of sp³-hybridized carbons (Fsp3) is 0.333. The number of carbonyl (C=O) groups excluding carboxylic acids is 1. The molecule has 0 saturated carbocycles. The van der Waals surface area contributed by atoms with E-state index in [9.17, 15) is 4.79 Å². The number of benzene rings is 1. The Hall–Kier alpha value is -1.72. The van der Waals surface area contributed by atoms with Crippen molar-refractivity contribution < 1.29 is 4.79 Å². The quantitative estimate of drug-likeness (QED) is 0.884. The Bertz CT molecular complexity index is 595. The Morgan fingerprint density at radius 1 is 1.35 bits per heavy atom. The molecule has 0 bridgehead atoms. The number of fused-ring (bicyclic) bond motifs is 1. The molecule has 1 aromatic heterocycles. The van der Waals surface area contributed by atoms with E-state index in [2.05, 4.69) is 33.8 Å². The SMILES string of the molecule is O=C(CCc1cscn1)NCc1ccc2c(c1)CNC2. The van der Waals surface area contributed by atoms with Crippen LogP contribution in [-0.4, -0.2) is 10.9 Å². The van der Waals surface area contributed by atoms with Crippen molar-refractivity contribution in [1.29, 1.82) is 0 Å². The molecule has 20 heavy (non-hydrogen) atoms. The molecule has 1 aliphatic rings. The zero-order chi connectivity index (χ0) is 13.8. The first-order valence-corrected chi connectivity index (χ1v) is 7.71. The van der Waals surface area contributed by atoms with Gasteiger partial charge in [-0.15, -0.1) is 11.3 Å². The summed E-state index contributed by atoms with van der Waals surface area (Å²) >= 11 is 1.56. The standard InChI is InChI=1S/C15H17N3OS/c19-15(4-3-14-9-20-10-18-14)17-6-11-1-2-12-7-16-8-13(12)5-11/h1-2,5,9-10,16H,3-4,6-8H2,(H,17,19). The summed E-state index contributed by atoms with van der Waals surface area (Å²) in [6.45, 7) is 2.49. The predicted molar refractivity (Wildman–Crippen MR) is 79.3 cm³/mol. The zero-order valence-electron chi connectivity index (χ0n) is 11.2. The molecule has 0 spiro atoms. The van der Waals surface area contributed by atoms with Gasteiger partial charge in [0, 0.05) is 31.4 Å². The van der Waals surface area contributed by atoms with Crippen LogP contribution in [0.2, 0.25) is 0 Å². The molecule has 1 amide bonds. The number of thiazole rings is 1. The highest BCUT2D eigenvalue weighted by Gasteiger charge is 2.10. The van der Waals surface area contributed by atoms with Gasteiger partial charge in [-0.2, -0.15) is 0 Å². The molecule has 1 aliphatic heterocycles. The molecule has 2 heterocycles. The monoisotopic (exact) mass is 287 g/mol. The van der Waals surface area contributed by atoms with Crippen LogP contribution in [0.5, 0.6) is 0 Å². The maximum absolute atomic E-state index is 11.8. The van der Waals surface area contributed by atoms with E-state index in [-0.39, 0.29) is 5.91 Å². The summed E-state index contributed by atoms with van der Waals surface area (Å²) in [5.74, 6) is 0.0802. The van der Waals surface area contributed by atoms with E-state index in [0.29, 0.717) is 19.4 Å². The number of aromatic nitrogens is 1. The van der Waals surface area contributed by atoms with Gasteiger partial charge in [0.1, 0.15) is 0 Å². The summed E-state index contributed by atoms with van der Waals surface area (Å²) in [6, 6.07) is 6.41. The lowest BCUT2D eigenvalue weighted by molar-refractivity contribution is -0.121. The Kier molecular flexibility index (Phi) is 4.08. The minimum absolute atomic E-state index is 0.0802. The van der Waals surface area contributed by atoms with E-state index in [1.807, 2.05) is 5.38 Å². The normalized spacial score (nSPS) is 13.2. The highest BCUT2D eigenvalue weighted by Crippen LogP contribution is 2.16. The molecule has 2 aromatic rings. The van der Waals surface area contributed by atoms with Gasteiger partial charge in [0.25, 0.3) is 0 Å². The maximum atomic E-state index is 11.8. The molecule has 4 nitrogen and oxygen atoms in total. The second kappa shape index (κ2) is 6.15. The van der Waals surface area contributed by atoms with Gasteiger partial charge in [0.2, 0.25) is 5.91 Å². The van der Waals surface area contributed by atoms with Gasteiger partial charge in [0.15, 0.2) is 0 Å². The van der Waals surface area contributed by atoms with Crippen LogP contribution in [0.15, 0.2) is 29.1 Å². The van der Waals surface area contributed by atoms with E-state index in [1.54, 1.807) is 16.8 Å². The number of aryl methyl sites for hydroxylation is 1. The van der Waals surface area contributed by atoms with Crippen LogP contribution in [0, 0.1) is 0 Å². The zero-order valence-corrected chi connectivity index (χ0v) is 12.0. The van der Waals surface area contributed by atoms with Crippen LogP contribution in [0.4, 0.5) is 0 Å². The second-order valence-electron chi connectivity index (χ2n) is 4.96. The number of rotatable bonds is 5. The molecule has 104 valence electrons. The Balaban J connectivity index is 1.48. The van der Waals surface area contributed by atoms with Gasteiger partial charge < -0.3 is 10.6 Å². The van der Waals surface area contributed by atoms with E-state index in [4.69, 9.17) is 0 Å². The van der Waals surface area contributed by atoms with Crippen molar-refractivity contribution in [2.75, 3.05) is 0 Å². The van der Waals surface area contributed by atoms with Crippen LogP contribution < -0.4 is 10.6 Å². The lowest BCUT2D eigenvalue weighted by atomic mass is 10.1. The van der Waals surface area contributed by atoms with E-state index < -0.39 is 0 Å². The van der Waals surface area contributed by atoms with Crippen LogP contribution in [0.25, 0.3) is 0 Å². The summed E-state index contributed by atoms with van der Waals surface area (Å²) in [5.41, 5.74) is 6.66. The van der Waals surface area contributed by atoms with Crippen LogP contribution in [-0.2, 0) is 30.8 Å². The topological polar surface area (TPSA) is 54.0 Å². The van der Waals surface area contributed by atoms with Crippen molar-refractivity contribution in [2.45, 2.75) is 32.5 Å². The van der Waals surface area contributed by atoms with Crippen molar-refractivity contribution in [3.05, 3.63) is 51.5 Å². The van der Waals surface area contributed by atoms with Gasteiger partial charge in [0.05, 0.1) is 11.2 Å². The van der Waals surface area contributed by atoms with Gasteiger partial charge >= 0.3 is 0 Å². The van der Waals surface area contributed by atoms with Crippen molar-refractivity contribution in [3.63, 3.8) is 0 Å². The summed E-state index contributed by atoms with van der Waals surface area (Å²) in [6.07, 6.45) is 1.21. The number of amides is 1. The fourth-order valence-corrected chi connectivity index (χ4v) is 2.94. The number of nitrogens with one attached hydrogen (secondary N) is 2. The van der Waals surface area contributed by atoms with Crippen molar-refractivity contribution in [2.24, 2.45) is 0 Å². The van der Waals surface area contributed by atoms with Crippen molar-refractivity contribution >= 4 is 17.2 Å². The first kappa shape index (κ1) is 13.3. The highest BCUT2D eigenvalue weighted by atomic mass is 32.1. The molecule has 0 fully saturated rings. The Morgan fingerprint density at radius 3 is 3.10 bits per heavy atom. The first-order valence-electron chi connectivity index (χ1n) is 6.76. The average molecular weight is 287 g/mol. The third-order valence-electron chi connectivity index (χ3n) is 3.48. The molecular weight excluding hydrogens is 270 g/mol. The fourth-order valence-electron chi connectivity index (χ4n) is 2.35. The molecule has 5 heteroatoms. The van der Waals surface area contributed by atoms with Crippen molar-refractivity contribution in [3.8, 4) is 0 Å². The Morgan fingerprint density at radius 2 is 2.25 bits per heavy atom. The van der Waals surface area contributed by atoms with Gasteiger partial charge in [-0.25, -0.2) is 4.98 Å². The molecule has 0 aliphatic carbocycles. The summed E-state index contributed by atoms with van der Waals surface area (Å²) in [7, 11) is 0. The Labute approximate surface area is 122 Å². The minimum Gasteiger partial charge on any atom is -0.352 e. The summed E-state index contributed by atoms with van der Waals surface area (Å²) in [4.78, 5) is 16.0. The number of nitrogens with zero attached hydrogens (tertiary/aromatic N) is 1. The van der Waals surface area contributed by atoms with Gasteiger partial charge in [-0.1, -0.05) is 18.2 Å². The molecule has 3 rings (SSSR count). The molecule has 0 unspecified atom stereocenters. The van der Waals surface area contributed by atoms with E-state index in [1.165, 1.54) is 11.1 Å². The first-order chi connectivity index (χ1) is 9.81. The summed E-state index contributed by atoms with van der Waals surface area (Å²) < 4.78 is 0. The third-order valence-corrected chi connectivity index (χ3v) is 4.12. The molecule has 0 atom stereocenters. The number of hydrogen-bond donors (Lipinski definition) is 2. The lowest BCUT2D eigenvalue weighted by Crippen LogP contribution is -2.23.